The van der Waals surface area contributed by atoms with Crippen LogP contribution in [0.2, 0.25) is 0 Å². The van der Waals surface area contributed by atoms with E-state index in [0.29, 0.717) is 41.9 Å². The zero-order valence-electron chi connectivity index (χ0n) is 14.1. The topological polar surface area (TPSA) is 107 Å². The molecule has 0 aliphatic carbocycles. The van der Waals surface area contributed by atoms with Crippen molar-refractivity contribution in [3.05, 3.63) is 48.3 Å². The molecule has 0 N–H and O–H groups in total. The van der Waals surface area contributed by atoms with E-state index in [0.717, 1.165) is 6.42 Å². The van der Waals surface area contributed by atoms with Gasteiger partial charge in [0.15, 0.2) is 5.82 Å². The summed E-state index contributed by atoms with van der Waals surface area (Å²) in [5.74, 6) is 1.34. The first-order valence-electron chi connectivity index (χ1n) is 8.14. The maximum atomic E-state index is 12.6. The monoisotopic (exact) mass is 352 g/mol. The van der Waals surface area contributed by atoms with Crippen molar-refractivity contribution < 1.29 is 14.1 Å². The highest BCUT2D eigenvalue weighted by Crippen LogP contribution is 2.27. The Morgan fingerprint density at radius 2 is 2.19 bits per heavy atom. The lowest BCUT2D eigenvalue weighted by Gasteiger charge is -2.15. The molecule has 0 spiro atoms. The minimum absolute atomic E-state index is 0.0272. The van der Waals surface area contributed by atoms with Gasteiger partial charge in [-0.15, -0.1) is 0 Å². The number of hydrogen-bond acceptors (Lipinski definition) is 8. The Bertz CT molecular complexity index is 896. The van der Waals surface area contributed by atoms with Gasteiger partial charge < -0.3 is 14.2 Å². The second kappa shape index (κ2) is 6.87. The van der Waals surface area contributed by atoms with Crippen LogP contribution in [-0.2, 0) is 0 Å². The molecule has 0 saturated carbocycles. The van der Waals surface area contributed by atoms with Crippen LogP contribution in [0, 0.1) is 0 Å². The van der Waals surface area contributed by atoms with Crippen molar-refractivity contribution in [1.29, 1.82) is 0 Å². The molecule has 0 radical (unpaired) electrons. The number of carbonyl (C=O) groups is 1. The molecule has 0 bridgehead atoms. The molecule has 0 aromatic carbocycles. The largest absolute Gasteiger partial charge is 0.481 e. The average Bonchev–Trinajstić information content (AvgIpc) is 3.38. The average molecular weight is 352 g/mol. The van der Waals surface area contributed by atoms with E-state index in [9.17, 15) is 4.79 Å². The van der Waals surface area contributed by atoms with Gasteiger partial charge in [-0.1, -0.05) is 5.16 Å². The molecule has 1 saturated heterocycles. The van der Waals surface area contributed by atoms with Crippen LogP contribution in [0.3, 0.4) is 0 Å². The summed E-state index contributed by atoms with van der Waals surface area (Å²) in [5.41, 5.74) is 1.06. The predicted octanol–water partition coefficient (Wildman–Crippen LogP) is 1.56. The van der Waals surface area contributed by atoms with Crippen molar-refractivity contribution in [1.82, 2.24) is 30.0 Å². The fraction of sp³-hybridized carbons (Fsp3) is 0.294. The lowest BCUT2D eigenvalue weighted by molar-refractivity contribution is 0.0790. The Labute approximate surface area is 149 Å². The van der Waals surface area contributed by atoms with Gasteiger partial charge in [0.25, 0.3) is 11.8 Å². The lowest BCUT2D eigenvalue weighted by Crippen LogP contribution is -2.28. The molecular formula is C17H16N6O3. The van der Waals surface area contributed by atoms with Crippen LogP contribution in [0.5, 0.6) is 5.88 Å². The first-order valence-corrected chi connectivity index (χ1v) is 8.14. The Balaban J connectivity index is 1.45. The number of rotatable bonds is 4. The summed E-state index contributed by atoms with van der Waals surface area (Å²) in [5, 5.41) is 4.04. The van der Waals surface area contributed by atoms with Gasteiger partial charge in [0.05, 0.1) is 18.9 Å². The Morgan fingerprint density at radius 3 is 2.92 bits per heavy atom. The van der Waals surface area contributed by atoms with Crippen LogP contribution in [0.15, 0.2) is 41.4 Å². The Hall–Kier alpha value is -3.36. The van der Waals surface area contributed by atoms with E-state index in [1.807, 2.05) is 0 Å². The molecule has 9 heteroatoms. The van der Waals surface area contributed by atoms with Gasteiger partial charge in [0, 0.05) is 43.7 Å². The minimum atomic E-state index is -0.0692. The second-order valence-electron chi connectivity index (χ2n) is 5.87. The Morgan fingerprint density at radius 1 is 1.27 bits per heavy atom. The molecule has 1 fully saturated rings. The highest BCUT2D eigenvalue weighted by molar-refractivity contribution is 5.94. The number of likely N-dealkylation sites (tertiary alicyclic amines) is 1. The zero-order chi connectivity index (χ0) is 17.9. The third-order valence-corrected chi connectivity index (χ3v) is 4.26. The fourth-order valence-corrected chi connectivity index (χ4v) is 2.88. The molecule has 3 aromatic heterocycles. The summed E-state index contributed by atoms with van der Waals surface area (Å²) < 4.78 is 10.3. The van der Waals surface area contributed by atoms with Gasteiger partial charge >= 0.3 is 0 Å². The van der Waals surface area contributed by atoms with Crippen LogP contribution >= 0.6 is 0 Å². The molecular weight excluding hydrogens is 336 g/mol. The standard InChI is InChI=1S/C17H16N6O3/c1-25-14-3-2-11(8-20-14)17(24)23-7-4-12(10-23)15-21-16(26-22-15)13-9-18-5-6-19-13/h2-3,5-6,8-9,12H,4,7,10H2,1H3. The van der Waals surface area contributed by atoms with E-state index >= 15 is 0 Å². The summed E-state index contributed by atoms with van der Waals surface area (Å²) >= 11 is 0. The van der Waals surface area contributed by atoms with Gasteiger partial charge in [0.2, 0.25) is 5.88 Å². The van der Waals surface area contributed by atoms with Crippen molar-refractivity contribution >= 4 is 5.91 Å². The number of aromatic nitrogens is 5. The minimum Gasteiger partial charge on any atom is -0.481 e. The van der Waals surface area contributed by atoms with Crippen molar-refractivity contribution in [2.24, 2.45) is 0 Å². The van der Waals surface area contributed by atoms with Crippen LogP contribution in [-0.4, -0.2) is 56.1 Å². The molecule has 1 unspecified atom stereocenters. The first kappa shape index (κ1) is 16.1. The van der Waals surface area contributed by atoms with E-state index < -0.39 is 0 Å². The number of pyridine rings is 1. The summed E-state index contributed by atoms with van der Waals surface area (Å²) in [7, 11) is 1.54. The number of methoxy groups -OCH3 is 1. The van der Waals surface area contributed by atoms with E-state index in [-0.39, 0.29) is 11.8 Å². The molecule has 1 amide bonds. The SMILES string of the molecule is COc1ccc(C(=O)N2CCC(c3noc(-c4cnccn4)n3)C2)cn1. The number of amides is 1. The number of carbonyl (C=O) groups excluding carboxylic acids is 1. The molecule has 1 aliphatic heterocycles. The van der Waals surface area contributed by atoms with E-state index in [2.05, 4.69) is 25.1 Å². The normalized spacial score (nSPS) is 16.7. The number of hydrogen-bond donors (Lipinski definition) is 0. The lowest BCUT2D eigenvalue weighted by atomic mass is 10.1. The molecule has 26 heavy (non-hydrogen) atoms. The van der Waals surface area contributed by atoms with Crippen molar-refractivity contribution in [3.8, 4) is 17.5 Å². The third kappa shape index (κ3) is 3.10. The summed E-state index contributed by atoms with van der Waals surface area (Å²) in [6.07, 6.45) is 7.01. The maximum absolute atomic E-state index is 12.6. The zero-order valence-corrected chi connectivity index (χ0v) is 14.1. The molecule has 3 aromatic rings. The van der Waals surface area contributed by atoms with Gasteiger partial charge in [-0.05, 0) is 12.5 Å². The first-order chi connectivity index (χ1) is 12.7. The van der Waals surface area contributed by atoms with E-state index in [1.54, 1.807) is 35.6 Å². The molecule has 1 aliphatic rings. The predicted molar refractivity (Wildman–Crippen MR) is 89.4 cm³/mol. The van der Waals surface area contributed by atoms with E-state index in [1.165, 1.54) is 13.3 Å². The van der Waals surface area contributed by atoms with Crippen molar-refractivity contribution in [2.75, 3.05) is 20.2 Å². The van der Waals surface area contributed by atoms with Crippen LogP contribution < -0.4 is 4.74 Å². The molecule has 132 valence electrons. The summed E-state index contributed by atoms with van der Waals surface area (Å²) in [6.45, 7) is 1.16. The summed E-state index contributed by atoms with van der Waals surface area (Å²) in [4.78, 5) is 31.0. The van der Waals surface area contributed by atoms with Crippen LogP contribution in [0.1, 0.15) is 28.5 Å². The fourth-order valence-electron chi connectivity index (χ4n) is 2.88. The van der Waals surface area contributed by atoms with Crippen molar-refractivity contribution in [3.63, 3.8) is 0 Å². The molecule has 4 rings (SSSR count). The van der Waals surface area contributed by atoms with Gasteiger partial charge in [0.1, 0.15) is 5.69 Å². The molecule has 9 nitrogen and oxygen atoms in total. The van der Waals surface area contributed by atoms with Gasteiger partial charge in [-0.3, -0.25) is 9.78 Å². The molecule has 1 atom stereocenters. The smallest absolute Gasteiger partial charge is 0.278 e. The van der Waals surface area contributed by atoms with Crippen LogP contribution in [0.4, 0.5) is 0 Å². The molecule has 4 heterocycles. The van der Waals surface area contributed by atoms with Crippen molar-refractivity contribution in [2.45, 2.75) is 12.3 Å². The third-order valence-electron chi connectivity index (χ3n) is 4.26. The second-order valence-corrected chi connectivity index (χ2v) is 5.87. The highest BCUT2D eigenvalue weighted by Gasteiger charge is 2.31. The van der Waals surface area contributed by atoms with Gasteiger partial charge in [-0.2, -0.15) is 4.98 Å². The number of nitrogens with zero attached hydrogens (tertiary/aromatic N) is 6. The maximum Gasteiger partial charge on any atom is 0.278 e. The quantitative estimate of drug-likeness (QED) is 0.696. The Kier molecular flexibility index (Phi) is 4.26. The highest BCUT2D eigenvalue weighted by atomic mass is 16.5. The number of ether oxygens (including phenoxy) is 1. The van der Waals surface area contributed by atoms with E-state index in [4.69, 9.17) is 9.26 Å². The summed E-state index contributed by atoms with van der Waals surface area (Å²) in [6, 6.07) is 3.38. The van der Waals surface area contributed by atoms with Crippen LogP contribution in [0.25, 0.3) is 11.6 Å². The van der Waals surface area contributed by atoms with Gasteiger partial charge in [-0.25, -0.2) is 9.97 Å².